The van der Waals surface area contributed by atoms with Crippen molar-refractivity contribution in [2.45, 2.75) is 36.9 Å². The summed E-state index contributed by atoms with van der Waals surface area (Å²) in [5.74, 6) is -0.868. The monoisotopic (exact) mass is 382 g/mol. The van der Waals surface area contributed by atoms with Gasteiger partial charge in [-0.1, -0.05) is 29.8 Å². The van der Waals surface area contributed by atoms with Crippen molar-refractivity contribution in [3.05, 3.63) is 41.5 Å². The molecular weight excluding hydrogens is 356 g/mol. The van der Waals surface area contributed by atoms with E-state index in [4.69, 9.17) is 4.74 Å². The van der Waals surface area contributed by atoms with Gasteiger partial charge in [0.1, 0.15) is 17.4 Å². The van der Waals surface area contributed by atoms with Crippen LogP contribution in [-0.2, 0) is 19.7 Å². The Kier molecular flexibility index (Phi) is 3.48. The van der Waals surface area contributed by atoms with Gasteiger partial charge >= 0.3 is 5.97 Å². The van der Waals surface area contributed by atoms with E-state index in [2.05, 4.69) is 9.80 Å². The number of nitrogens with zero attached hydrogens (tertiary/aromatic N) is 2. The second kappa shape index (κ2) is 5.45. The van der Waals surface area contributed by atoms with Crippen LogP contribution >= 0.6 is 0 Å². The summed E-state index contributed by atoms with van der Waals surface area (Å²) >= 11 is 0. The molecule has 6 atom stereocenters. The maximum atomic E-state index is 13.5. The second-order valence-corrected chi connectivity index (χ2v) is 8.53. The largest absolute Gasteiger partial charge is 0.468 e. The number of hydrogen-bond acceptors (Lipinski definition) is 6. The van der Waals surface area contributed by atoms with Gasteiger partial charge in [0, 0.05) is 31.7 Å². The predicted octanol–water partition coefficient (Wildman–Crippen LogP) is 1.48. The topological polar surface area (TPSA) is 70.1 Å². The Labute approximate surface area is 164 Å². The third-order valence-corrected chi connectivity index (χ3v) is 8.18. The number of ether oxygens (including phenoxy) is 1. The molecule has 4 fully saturated rings. The zero-order chi connectivity index (χ0) is 19.9. The molecule has 1 spiro atoms. The molecule has 4 heterocycles. The Balaban J connectivity index is 1.97. The zero-order valence-corrected chi connectivity index (χ0v) is 16.5. The lowest BCUT2D eigenvalue weighted by Gasteiger charge is -2.59. The fourth-order valence-corrected chi connectivity index (χ4v) is 7.38. The van der Waals surface area contributed by atoms with Crippen molar-refractivity contribution in [2.24, 2.45) is 11.3 Å². The van der Waals surface area contributed by atoms with E-state index in [0.717, 1.165) is 23.1 Å². The van der Waals surface area contributed by atoms with Crippen molar-refractivity contribution < 1.29 is 19.4 Å². The van der Waals surface area contributed by atoms with Crippen molar-refractivity contribution >= 4 is 17.9 Å². The number of aliphatic hydroxyl groups is 1. The molecule has 0 aromatic heterocycles. The number of rotatable bonds is 2. The van der Waals surface area contributed by atoms with Crippen LogP contribution in [-0.4, -0.2) is 61.3 Å². The summed E-state index contributed by atoms with van der Waals surface area (Å²) in [6.45, 7) is 3.31. The number of anilines is 1. The van der Waals surface area contributed by atoms with E-state index in [1.807, 2.05) is 44.3 Å². The van der Waals surface area contributed by atoms with E-state index >= 15 is 0 Å². The molecule has 4 aliphatic heterocycles. The highest BCUT2D eigenvalue weighted by molar-refractivity contribution is 5.99. The summed E-state index contributed by atoms with van der Waals surface area (Å²) < 4.78 is 5.30. The minimum Gasteiger partial charge on any atom is -0.468 e. The van der Waals surface area contributed by atoms with Crippen LogP contribution in [0.5, 0.6) is 0 Å². The second-order valence-electron chi connectivity index (χ2n) is 8.53. The Morgan fingerprint density at radius 3 is 2.79 bits per heavy atom. The summed E-state index contributed by atoms with van der Waals surface area (Å²) in [6, 6.07) is 7.96. The van der Waals surface area contributed by atoms with Gasteiger partial charge in [0.25, 0.3) is 0 Å². The number of hydrogen-bond donors (Lipinski definition) is 1. The molecule has 148 valence electrons. The molecule has 5 aliphatic rings. The number of benzene rings is 1. The van der Waals surface area contributed by atoms with Crippen LogP contribution in [0, 0.1) is 11.3 Å². The van der Waals surface area contributed by atoms with Crippen LogP contribution in [0.3, 0.4) is 0 Å². The Hall–Kier alpha value is -2.18. The highest BCUT2D eigenvalue weighted by Gasteiger charge is 2.84. The predicted molar refractivity (Wildman–Crippen MR) is 104 cm³/mol. The van der Waals surface area contributed by atoms with Gasteiger partial charge in [0.15, 0.2) is 0 Å². The first kappa shape index (κ1) is 17.9. The molecule has 4 bridgehead atoms. The van der Waals surface area contributed by atoms with Crippen molar-refractivity contribution in [1.29, 1.82) is 0 Å². The smallest absolute Gasteiger partial charge is 0.320 e. The standard InChI is InChI=1S/C22H26N2O4/c1-4-14-12-24-10-9-21-15-7-5-6-8-17(15)23(2)22(21,24)18(26)11-16(14)20(21,13-25)19(27)28-3/h4-8,13,16,18,26H,9-12H2,1-3H3. The minimum atomic E-state index is -1.37. The summed E-state index contributed by atoms with van der Waals surface area (Å²) in [5.41, 5.74) is -0.0766. The van der Waals surface area contributed by atoms with Crippen LogP contribution in [0.25, 0.3) is 0 Å². The van der Waals surface area contributed by atoms with Gasteiger partial charge < -0.3 is 19.5 Å². The van der Waals surface area contributed by atoms with Crippen molar-refractivity contribution in [3.8, 4) is 0 Å². The number of aliphatic hydroxyl groups excluding tert-OH is 1. The normalized spacial score (nSPS) is 44.2. The van der Waals surface area contributed by atoms with E-state index in [-0.39, 0.29) is 5.92 Å². The third kappa shape index (κ3) is 1.47. The van der Waals surface area contributed by atoms with Crippen LogP contribution < -0.4 is 4.90 Å². The molecule has 1 N–H and O–H groups in total. The van der Waals surface area contributed by atoms with Crippen molar-refractivity contribution in [3.63, 3.8) is 0 Å². The molecular formula is C22H26N2O4. The third-order valence-electron chi connectivity index (χ3n) is 8.18. The molecule has 6 rings (SSSR count). The van der Waals surface area contributed by atoms with E-state index in [0.29, 0.717) is 25.9 Å². The maximum Gasteiger partial charge on any atom is 0.320 e. The van der Waals surface area contributed by atoms with Gasteiger partial charge in [0.05, 0.1) is 18.6 Å². The Morgan fingerprint density at radius 1 is 1.36 bits per heavy atom. The van der Waals surface area contributed by atoms with Gasteiger partial charge in [-0.05, 0) is 31.4 Å². The van der Waals surface area contributed by atoms with Crippen LogP contribution in [0.15, 0.2) is 35.9 Å². The van der Waals surface area contributed by atoms with E-state index in [1.54, 1.807) is 0 Å². The van der Waals surface area contributed by atoms with E-state index < -0.39 is 28.6 Å². The molecule has 1 saturated carbocycles. The first-order chi connectivity index (χ1) is 13.5. The lowest BCUT2D eigenvalue weighted by atomic mass is 9.45. The molecule has 28 heavy (non-hydrogen) atoms. The number of carbonyl (C=O) groups is 2. The van der Waals surface area contributed by atoms with E-state index in [1.165, 1.54) is 7.11 Å². The first-order valence-electron chi connectivity index (χ1n) is 9.93. The molecule has 1 aromatic carbocycles. The average Bonchev–Trinajstić information content (AvgIpc) is 3.10. The molecule has 3 saturated heterocycles. The number of allylic oxidation sites excluding steroid dienone is 1. The van der Waals surface area contributed by atoms with Crippen LogP contribution in [0.1, 0.15) is 25.3 Å². The maximum absolute atomic E-state index is 13.5. The van der Waals surface area contributed by atoms with Crippen molar-refractivity contribution in [1.82, 2.24) is 4.90 Å². The van der Waals surface area contributed by atoms with Crippen molar-refractivity contribution in [2.75, 3.05) is 32.1 Å². The van der Waals surface area contributed by atoms with Gasteiger partial charge in [0.2, 0.25) is 0 Å². The average molecular weight is 382 g/mol. The SMILES string of the molecule is CC=C1CN2CCC34c5ccccc5N(C)C23C(O)CC1C4(C=O)C(=O)OC. The molecule has 6 heteroatoms. The van der Waals surface area contributed by atoms with Gasteiger partial charge in [-0.15, -0.1) is 0 Å². The molecule has 0 amide bonds. The highest BCUT2D eigenvalue weighted by Crippen LogP contribution is 2.73. The molecule has 1 aromatic rings. The van der Waals surface area contributed by atoms with Crippen LogP contribution in [0.2, 0.25) is 0 Å². The van der Waals surface area contributed by atoms with E-state index in [9.17, 15) is 14.7 Å². The highest BCUT2D eigenvalue weighted by atomic mass is 16.5. The fourth-order valence-electron chi connectivity index (χ4n) is 7.38. The number of para-hydroxylation sites is 1. The first-order valence-corrected chi connectivity index (χ1v) is 9.93. The molecule has 0 radical (unpaired) electrons. The quantitative estimate of drug-likeness (QED) is 0.362. The summed E-state index contributed by atoms with van der Waals surface area (Å²) in [6.07, 6.45) is 3.17. The number of methoxy groups -OCH3 is 1. The summed E-state index contributed by atoms with van der Waals surface area (Å²) in [7, 11) is 3.34. The number of likely N-dealkylation sites (N-methyl/N-ethyl adjacent to an activating group) is 1. The lowest BCUT2D eigenvalue weighted by molar-refractivity contribution is -0.179. The number of aldehydes is 1. The van der Waals surface area contributed by atoms with Gasteiger partial charge in [-0.25, -0.2) is 0 Å². The van der Waals surface area contributed by atoms with Gasteiger partial charge in [-0.2, -0.15) is 0 Å². The zero-order valence-electron chi connectivity index (χ0n) is 16.5. The number of fused-ring (bicyclic) bond motifs is 3. The number of esters is 1. The summed E-state index contributed by atoms with van der Waals surface area (Å²) in [4.78, 5) is 30.9. The van der Waals surface area contributed by atoms with Gasteiger partial charge in [-0.3, -0.25) is 9.69 Å². The minimum absolute atomic E-state index is 0.365. The fraction of sp³-hybridized carbons (Fsp3) is 0.545. The Bertz CT molecular complexity index is 914. The lowest BCUT2D eigenvalue weighted by Crippen LogP contribution is -2.76. The Morgan fingerprint density at radius 2 is 2.11 bits per heavy atom. The number of carbonyl (C=O) groups excluding carboxylic acids is 2. The molecule has 1 aliphatic carbocycles. The van der Waals surface area contributed by atoms with Crippen LogP contribution in [0.4, 0.5) is 5.69 Å². The molecule has 6 nitrogen and oxygen atoms in total. The summed E-state index contributed by atoms with van der Waals surface area (Å²) in [5, 5.41) is 11.6. The molecule has 6 unspecified atom stereocenters.